The largest absolute Gasteiger partial charge is 0.399 e. The summed E-state index contributed by atoms with van der Waals surface area (Å²) in [5.41, 5.74) is 10.4. The molecule has 0 unspecified atom stereocenters. The van der Waals surface area contributed by atoms with Crippen molar-refractivity contribution in [3.63, 3.8) is 0 Å². The molecule has 0 saturated heterocycles. The number of nitrogen functional groups attached to an aromatic ring is 1. The Labute approximate surface area is 121 Å². The number of ketones is 1. The number of aryl methyl sites for hydroxylation is 2. The Kier molecular flexibility index (Phi) is 4.05. The van der Waals surface area contributed by atoms with E-state index >= 15 is 0 Å². The summed E-state index contributed by atoms with van der Waals surface area (Å²) < 4.78 is 0.789. The summed E-state index contributed by atoms with van der Waals surface area (Å²) in [6, 6.07) is 11.5. The quantitative estimate of drug-likeness (QED) is 0.685. The van der Waals surface area contributed by atoms with Gasteiger partial charge in [0.05, 0.1) is 0 Å². The second kappa shape index (κ2) is 5.57. The van der Waals surface area contributed by atoms with Gasteiger partial charge in [0.25, 0.3) is 0 Å². The van der Waals surface area contributed by atoms with Gasteiger partial charge >= 0.3 is 0 Å². The first-order valence-corrected chi connectivity index (χ1v) is 6.91. The number of halogens is 1. The highest BCUT2D eigenvalue weighted by atomic mass is 79.9. The van der Waals surface area contributed by atoms with E-state index in [1.165, 1.54) is 5.56 Å². The molecule has 0 atom stereocenters. The van der Waals surface area contributed by atoms with Crippen molar-refractivity contribution in [2.24, 2.45) is 0 Å². The minimum Gasteiger partial charge on any atom is -0.399 e. The Morgan fingerprint density at radius 1 is 1.16 bits per heavy atom. The molecule has 0 amide bonds. The molecule has 0 aliphatic rings. The highest BCUT2D eigenvalue weighted by molar-refractivity contribution is 9.10. The van der Waals surface area contributed by atoms with Gasteiger partial charge in [-0.1, -0.05) is 39.7 Å². The summed E-state index contributed by atoms with van der Waals surface area (Å²) in [7, 11) is 0. The van der Waals surface area contributed by atoms with Crippen LogP contribution in [-0.4, -0.2) is 5.78 Å². The fourth-order valence-corrected chi connectivity index (χ4v) is 2.48. The topological polar surface area (TPSA) is 43.1 Å². The molecule has 0 aliphatic heterocycles. The minimum absolute atomic E-state index is 0.0767. The van der Waals surface area contributed by atoms with Crippen molar-refractivity contribution < 1.29 is 4.79 Å². The van der Waals surface area contributed by atoms with Crippen molar-refractivity contribution in [3.05, 3.63) is 63.1 Å². The Balaban J connectivity index is 2.30. The van der Waals surface area contributed by atoms with Crippen LogP contribution in [0.25, 0.3) is 0 Å². The number of anilines is 1. The Morgan fingerprint density at radius 3 is 2.63 bits per heavy atom. The predicted octanol–water partition coefficient (Wildman–Crippen LogP) is 4.07. The molecular formula is C16H16BrNO. The third-order valence-electron chi connectivity index (χ3n) is 3.15. The van der Waals surface area contributed by atoms with E-state index in [0.29, 0.717) is 17.7 Å². The van der Waals surface area contributed by atoms with Gasteiger partial charge in [-0.3, -0.25) is 4.79 Å². The maximum Gasteiger partial charge on any atom is 0.168 e. The lowest BCUT2D eigenvalue weighted by molar-refractivity contribution is 0.0992. The van der Waals surface area contributed by atoms with Crippen molar-refractivity contribution >= 4 is 27.4 Å². The maximum atomic E-state index is 12.4. The molecule has 0 fully saturated rings. The lowest BCUT2D eigenvalue weighted by atomic mass is 9.97. The van der Waals surface area contributed by atoms with E-state index in [2.05, 4.69) is 28.1 Å². The summed E-state index contributed by atoms with van der Waals surface area (Å²) in [5, 5.41) is 0. The fourth-order valence-electron chi connectivity index (χ4n) is 2.02. The van der Waals surface area contributed by atoms with E-state index in [4.69, 9.17) is 5.73 Å². The van der Waals surface area contributed by atoms with Crippen molar-refractivity contribution in [2.75, 3.05) is 5.73 Å². The molecule has 0 heterocycles. The van der Waals surface area contributed by atoms with Gasteiger partial charge in [-0.2, -0.15) is 0 Å². The zero-order valence-electron chi connectivity index (χ0n) is 11.0. The van der Waals surface area contributed by atoms with Crippen LogP contribution in [-0.2, 0) is 6.42 Å². The number of benzene rings is 2. The van der Waals surface area contributed by atoms with Gasteiger partial charge in [-0.15, -0.1) is 0 Å². The summed E-state index contributed by atoms with van der Waals surface area (Å²) in [4.78, 5) is 12.4. The van der Waals surface area contributed by atoms with Gasteiger partial charge < -0.3 is 5.73 Å². The fraction of sp³-hybridized carbons (Fsp3) is 0.188. The summed E-state index contributed by atoms with van der Waals surface area (Å²) in [5.74, 6) is 0.0767. The van der Waals surface area contributed by atoms with Gasteiger partial charge in [-0.05, 0) is 43.2 Å². The zero-order chi connectivity index (χ0) is 14.0. The smallest absolute Gasteiger partial charge is 0.168 e. The average Bonchev–Trinajstić information content (AvgIpc) is 2.36. The highest BCUT2D eigenvalue weighted by Gasteiger charge is 2.12. The molecule has 2 rings (SSSR count). The number of nitrogens with two attached hydrogens (primary N) is 1. The van der Waals surface area contributed by atoms with Crippen LogP contribution in [0.5, 0.6) is 0 Å². The first-order valence-electron chi connectivity index (χ1n) is 6.11. The molecule has 2 nitrogen and oxygen atoms in total. The molecule has 19 heavy (non-hydrogen) atoms. The van der Waals surface area contributed by atoms with Crippen LogP contribution in [0.4, 0.5) is 5.69 Å². The van der Waals surface area contributed by atoms with Crippen LogP contribution < -0.4 is 5.73 Å². The maximum absolute atomic E-state index is 12.4. The van der Waals surface area contributed by atoms with E-state index in [0.717, 1.165) is 15.6 Å². The van der Waals surface area contributed by atoms with Crippen molar-refractivity contribution in [1.29, 1.82) is 0 Å². The van der Waals surface area contributed by atoms with E-state index in [1.807, 2.05) is 26.0 Å². The number of hydrogen-bond acceptors (Lipinski definition) is 2. The molecular weight excluding hydrogens is 302 g/mol. The standard InChI is InChI=1S/C16H16BrNO/c1-10-3-4-11(2)12(7-10)8-16(19)14-9-13(18)5-6-15(14)17/h3-7,9H,8,18H2,1-2H3. The molecule has 3 heteroatoms. The molecule has 0 radical (unpaired) electrons. The molecule has 0 spiro atoms. The van der Waals surface area contributed by atoms with Crippen LogP contribution in [0.1, 0.15) is 27.0 Å². The van der Waals surface area contributed by atoms with E-state index in [9.17, 15) is 4.79 Å². The van der Waals surface area contributed by atoms with Gasteiger partial charge in [0.1, 0.15) is 0 Å². The van der Waals surface area contributed by atoms with Gasteiger partial charge in [0.2, 0.25) is 0 Å². The van der Waals surface area contributed by atoms with Crippen LogP contribution in [0.15, 0.2) is 40.9 Å². The highest BCUT2D eigenvalue weighted by Crippen LogP contribution is 2.22. The van der Waals surface area contributed by atoms with Crippen LogP contribution >= 0.6 is 15.9 Å². The summed E-state index contributed by atoms with van der Waals surface area (Å²) in [6.07, 6.45) is 0.398. The summed E-state index contributed by atoms with van der Waals surface area (Å²) in [6.45, 7) is 4.06. The Bertz CT molecular complexity index is 635. The van der Waals surface area contributed by atoms with Gasteiger partial charge in [-0.25, -0.2) is 0 Å². The predicted molar refractivity (Wildman–Crippen MR) is 82.5 cm³/mol. The van der Waals surface area contributed by atoms with Crippen LogP contribution in [0, 0.1) is 13.8 Å². The number of Topliss-reactive ketones (excluding diaryl/α,β-unsaturated/α-hetero) is 1. The average molecular weight is 318 g/mol. The van der Waals surface area contributed by atoms with E-state index in [1.54, 1.807) is 12.1 Å². The molecule has 0 aromatic heterocycles. The second-order valence-electron chi connectivity index (χ2n) is 4.77. The molecule has 0 aliphatic carbocycles. The normalized spacial score (nSPS) is 10.5. The number of rotatable bonds is 3. The SMILES string of the molecule is Cc1ccc(C)c(CC(=O)c2cc(N)ccc2Br)c1. The molecule has 0 bridgehead atoms. The van der Waals surface area contributed by atoms with Crippen LogP contribution in [0.2, 0.25) is 0 Å². The molecule has 98 valence electrons. The number of hydrogen-bond donors (Lipinski definition) is 1. The van der Waals surface area contributed by atoms with Crippen LogP contribution in [0.3, 0.4) is 0 Å². The molecule has 2 N–H and O–H groups in total. The second-order valence-corrected chi connectivity index (χ2v) is 5.62. The molecule has 2 aromatic rings. The number of carbonyl (C=O) groups excluding carboxylic acids is 1. The number of carbonyl (C=O) groups is 1. The monoisotopic (exact) mass is 317 g/mol. The van der Waals surface area contributed by atoms with Crippen molar-refractivity contribution in [1.82, 2.24) is 0 Å². The Morgan fingerprint density at radius 2 is 1.89 bits per heavy atom. The lowest BCUT2D eigenvalue weighted by Gasteiger charge is -2.08. The molecule has 2 aromatic carbocycles. The first kappa shape index (κ1) is 13.8. The Hall–Kier alpha value is -1.61. The van der Waals surface area contributed by atoms with Crippen molar-refractivity contribution in [2.45, 2.75) is 20.3 Å². The summed E-state index contributed by atoms with van der Waals surface area (Å²) >= 11 is 3.40. The zero-order valence-corrected chi connectivity index (χ0v) is 12.6. The molecule has 0 saturated carbocycles. The van der Waals surface area contributed by atoms with Gasteiger partial charge in [0, 0.05) is 22.1 Å². The first-order chi connectivity index (χ1) is 8.97. The third-order valence-corrected chi connectivity index (χ3v) is 3.84. The van der Waals surface area contributed by atoms with E-state index < -0.39 is 0 Å². The van der Waals surface area contributed by atoms with E-state index in [-0.39, 0.29) is 5.78 Å². The van der Waals surface area contributed by atoms with Crippen molar-refractivity contribution in [3.8, 4) is 0 Å². The minimum atomic E-state index is 0.0767. The van der Waals surface area contributed by atoms with Gasteiger partial charge in [0.15, 0.2) is 5.78 Å². The lowest BCUT2D eigenvalue weighted by Crippen LogP contribution is -2.06. The third kappa shape index (κ3) is 3.24.